The maximum Gasteiger partial charge on any atom is 0.251 e. The summed E-state index contributed by atoms with van der Waals surface area (Å²) in [5.74, 6) is -0.297. The van der Waals surface area contributed by atoms with Crippen LogP contribution in [0.25, 0.3) is 5.69 Å². The van der Waals surface area contributed by atoms with Crippen LogP contribution in [0.5, 0.6) is 0 Å². The summed E-state index contributed by atoms with van der Waals surface area (Å²) in [6.07, 6.45) is 0. The highest BCUT2D eigenvalue weighted by Gasteiger charge is 2.48. The van der Waals surface area contributed by atoms with Crippen LogP contribution in [-0.2, 0) is 10.0 Å². The van der Waals surface area contributed by atoms with Gasteiger partial charge in [0.15, 0.2) is 16.2 Å². The van der Waals surface area contributed by atoms with E-state index in [-0.39, 0.29) is 18.1 Å². The smallest absolute Gasteiger partial charge is 0.251 e. The normalized spacial score (nSPS) is 17.1. The fourth-order valence-electron chi connectivity index (χ4n) is 4.05. The second-order valence-corrected chi connectivity index (χ2v) is 10.5. The molecule has 0 fully saturated rings. The summed E-state index contributed by atoms with van der Waals surface area (Å²) in [5.41, 5.74) is 1.48. The van der Waals surface area contributed by atoms with Crippen molar-refractivity contribution >= 4 is 33.4 Å². The Bertz CT molecular complexity index is 1400. The highest BCUT2D eigenvalue weighted by atomic mass is 32.2. The Morgan fingerprint density at radius 3 is 2.06 bits per heavy atom. The number of anilines is 1. The van der Waals surface area contributed by atoms with Crippen LogP contribution in [0.2, 0.25) is 0 Å². The third kappa shape index (κ3) is 3.65. The lowest BCUT2D eigenvalue weighted by atomic mass is 10.1. The van der Waals surface area contributed by atoms with Gasteiger partial charge in [0.25, 0.3) is 10.0 Å². The van der Waals surface area contributed by atoms with Crippen LogP contribution in [-0.4, -0.2) is 30.3 Å². The first kappa shape index (κ1) is 21.5. The van der Waals surface area contributed by atoms with Crippen molar-refractivity contribution in [1.82, 2.24) is 9.55 Å². The molecule has 1 unspecified atom stereocenters. The molecule has 4 aromatic rings. The van der Waals surface area contributed by atoms with Gasteiger partial charge < -0.3 is 0 Å². The molecule has 1 aromatic heterocycles. The maximum atomic E-state index is 13.9. The van der Waals surface area contributed by atoms with Crippen molar-refractivity contribution in [2.45, 2.75) is 22.2 Å². The Kier molecular flexibility index (Phi) is 5.55. The molecule has 8 heteroatoms. The molecule has 0 N–H and O–H groups in total. The zero-order valence-corrected chi connectivity index (χ0v) is 19.5. The van der Waals surface area contributed by atoms with Crippen LogP contribution < -0.4 is 4.31 Å². The molecule has 2 heterocycles. The Balaban J connectivity index is 1.77. The number of imidazole rings is 1. The van der Waals surface area contributed by atoms with Crippen molar-refractivity contribution in [2.24, 2.45) is 0 Å². The molecule has 0 saturated carbocycles. The molecule has 166 valence electrons. The van der Waals surface area contributed by atoms with Gasteiger partial charge in [-0.05, 0) is 36.8 Å². The van der Waals surface area contributed by atoms with Gasteiger partial charge in [-0.15, -0.1) is 0 Å². The van der Waals surface area contributed by atoms with E-state index in [9.17, 15) is 13.2 Å². The predicted octanol–water partition coefficient (Wildman–Crippen LogP) is 5.12. The Labute approximate surface area is 197 Å². The molecule has 0 amide bonds. The second kappa shape index (κ2) is 8.53. The van der Waals surface area contributed by atoms with Gasteiger partial charge in [-0.2, -0.15) is 0 Å². The van der Waals surface area contributed by atoms with Crippen LogP contribution in [0.3, 0.4) is 0 Å². The molecule has 1 aliphatic rings. The lowest BCUT2D eigenvalue weighted by molar-refractivity contribution is 0.0978. The molecule has 1 aliphatic heterocycles. The Morgan fingerprint density at radius 2 is 1.45 bits per heavy atom. The van der Waals surface area contributed by atoms with Gasteiger partial charge in [-0.3, -0.25) is 13.7 Å². The molecular formula is C25H21N3O3S2. The first-order valence-electron chi connectivity index (χ1n) is 10.5. The number of nitrogens with zero attached hydrogens (tertiary/aromatic N) is 3. The van der Waals surface area contributed by atoms with Crippen molar-refractivity contribution in [1.29, 1.82) is 0 Å². The van der Waals surface area contributed by atoms with Crippen molar-refractivity contribution in [3.05, 3.63) is 102 Å². The topological polar surface area (TPSA) is 72.3 Å². The molecule has 0 bridgehead atoms. The number of rotatable bonds is 5. The van der Waals surface area contributed by atoms with Gasteiger partial charge in [0.05, 0.1) is 0 Å². The molecule has 0 saturated heterocycles. The fraction of sp³-hybridized carbons (Fsp3) is 0.120. The highest BCUT2D eigenvalue weighted by molar-refractivity contribution is 7.99. The minimum atomic E-state index is -3.99. The number of sulfonamides is 1. The third-order valence-corrected chi connectivity index (χ3v) is 8.59. The van der Waals surface area contributed by atoms with Crippen LogP contribution in [0.15, 0.2) is 101 Å². The maximum absolute atomic E-state index is 13.9. The summed E-state index contributed by atoms with van der Waals surface area (Å²) in [6, 6.07) is 27.8. The van der Waals surface area contributed by atoms with E-state index in [1.807, 2.05) is 60.7 Å². The quantitative estimate of drug-likeness (QED) is 0.401. The first-order chi connectivity index (χ1) is 16.0. The number of fused-ring (bicyclic) bond motifs is 1. The Hall–Kier alpha value is -3.36. The Morgan fingerprint density at radius 1 is 0.879 bits per heavy atom. The molecular weight excluding hydrogens is 454 g/mol. The summed E-state index contributed by atoms with van der Waals surface area (Å²) in [7, 11) is -3.99. The van der Waals surface area contributed by atoms with Gasteiger partial charge in [-0.25, -0.2) is 13.4 Å². The van der Waals surface area contributed by atoms with Crippen molar-refractivity contribution in [3.63, 3.8) is 0 Å². The van der Waals surface area contributed by atoms with Crippen molar-refractivity contribution in [3.8, 4) is 5.69 Å². The minimum absolute atomic E-state index is 0.174. The number of ketones is 1. The molecule has 0 radical (unpaired) electrons. The van der Waals surface area contributed by atoms with Crippen LogP contribution in [0.4, 0.5) is 5.82 Å². The number of aromatic nitrogens is 2. The molecule has 1 atom stereocenters. The lowest BCUT2D eigenvalue weighted by Gasteiger charge is -2.31. The van der Waals surface area contributed by atoms with Crippen LogP contribution in [0, 0.1) is 0 Å². The third-order valence-electron chi connectivity index (χ3n) is 5.50. The van der Waals surface area contributed by atoms with Crippen LogP contribution in [0.1, 0.15) is 28.2 Å². The van der Waals surface area contributed by atoms with E-state index < -0.39 is 21.1 Å². The largest absolute Gasteiger partial charge is 0.290 e. The molecule has 0 spiro atoms. The van der Waals surface area contributed by atoms with Gasteiger partial charge in [0.1, 0.15) is 5.69 Å². The summed E-state index contributed by atoms with van der Waals surface area (Å²) in [5, 5.41) is -0.784. The van der Waals surface area contributed by atoms with Crippen molar-refractivity contribution < 1.29 is 13.2 Å². The molecule has 33 heavy (non-hydrogen) atoms. The van der Waals surface area contributed by atoms with Gasteiger partial charge in [0, 0.05) is 17.1 Å². The van der Waals surface area contributed by atoms with E-state index in [1.165, 1.54) is 16.1 Å². The SMILES string of the molecule is CCN1c2nc(Sc3ccccc3)n(-c3ccccc3)c2C(=O)C(c2ccccc2)S1(=O)=O. The number of benzene rings is 3. The van der Waals surface area contributed by atoms with Gasteiger partial charge in [-0.1, -0.05) is 78.5 Å². The average molecular weight is 476 g/mol. The summed E-state index contributed by atoms with van der Waals surface area (Å²) < 4.78 is 30.2. The van der Waals surface area contributed by atoms with E-state index in [2.05, 4.69) is 0 Å². The monoisotopic (exact) mass is 475 g/mol. The van der Waals surface area contributed by atoms with Crippen molar-refractivity contribution in [2.75, 3.05) is 10.8 Å². The van der Waals surface area contributed by atoms with E-state index >= 15 is 0 Å². The first-order valence-corrected chi connectivity index (χ1v) is 12.9. The molecule has 6 nitrogen and oxygen atoms in total. The molecule has 5 rings (SSSR count). The summed E-state index contributed by atoms with van der Waals surface area (Å²) in [4.78, 5) is 19.5. The van der Waals surface area contributed by atoms with Gasteiger partial charge >= 0.3 is 0 Å². The second-order valence-electron chi connectivity index (χ2n) is 7.52. The summed E-state index contributed by atoms with van der Waals surface area (Å²) in [6.45, 7) is 1.93. The standard InChI is InChI=1S/C25H21N3O3S2/c1-2-27-24-21(22(29)23(33(27,30)31)18-12-6-3-7-13-18)28(19-14-8-4-9-15-19)25(26-24)32-20-16-10-5-11-17-20/h3-17,23H,2H2,1H3. The number of Topliss-reactive ketones (excluding diaryl/α,β-unsaturated/α-hetero) is 1. The van der Waals surface area contributed by atoms with Crippen LogP contribution >= 0.6 is 11.8 Å². The number of hydrogen-bond donors (Lipinski definition) is 0. The fourth-order valence-corrected chi connectivity index (χ4v) is 6.84. The number of hydrogen-bond acceptors (Lipinski definition) is 5. The van der Waals surface area contributed by atoms with Gasteiger partial charge in [0.2, 0.25) is 5.78 Å². The number of carbonyl (C=O) groups is 1. The van der Waals surface area contributed by atoms with E-state index in [1.54, 1.807) is 41.8 Å². The average Bonchev–Trinajstić information content (AvgIpc) is 3.19. The highest BCUT2D eigenvalue weighted by Crippen LogP contribution is 2.43. The van der Waals surface area contributed by atoms with E-state index in [0.29, 0.717) is 10.7 Å². The zero-order valence-electron chi connectivity index (χ0n) is 17.8. The number of para-hydroxylation sites is 1. The lowest BCUT2D eigenvalue weighted by Crippen LogP contribution is -2.43. The predicted molar refractivity (Wildman–Crippen MR) is 130 cm³/mol. The summed E-state index contributed by atoms with van der Waals surface area (Å²) >= 11 is 1.39. The van der Waals surface area contributed by atoms with E-state index in [0.717, 1.165) is 10.6 Å². The van der Waals surface area contributed by atoms with E-state index in [4.69, 9.17) is 4.98 Å². The number of carbonyl (C=O) groups excluding carboxylic acids is 1. The minimum Gasteiger partial charge on any atom is -0.290 e. The zero-order chi connectivity index (χ0) is 23.0. The molecule has 0 aliphatic carbocycles. The molecule has 3 aromatic carbocycles.